The Hall–Kier alpha value is -2.13. The molecule has 18 heavy (non-hydrogen) atoms. The molecule has 3 heteroatoms. The van der Waals surface area contributed by atoms with Gasteiger partial charge in [0.05, 0.1) is 6.61 Å². The maximum absolute atomic E-state index is 9.10. The highest BCUT2D eigenvalue weighted by Gasteiger charge is 2.10. The van der Waals surface area contributed by atoms with E-state index in [1.807, 2.05) is 49.4 Å². The van der Waals surface area contributed by atoms with Gasteiger partial charge in [0.1, 0.15) is 5.52 Å². The van der Waals surface area contributed by atoms with Crippen molar-refractivity contribution in [2.24, 2.45) is 0 Å². The number of rotatable bonds is 2. The lowest BCUT2D eigenvalue weighted by molar-refractivity contribution is 0.282. The van der Waals surface area contributed by atoms with E-state index in [9.17, 15) is 0 Å². The third-order valence-corrected chi connectivity index (χ3v) is 3.01. The molecule has 90 valence electrons. The summed E-state index contributed by atoms with van der Waals surface area (Å²) in [4.78, 5) is 4.47. The summed E-state index contributed by atoms with van der Waals surface area (Å²) in [5.41, 5.74) is 4.48. The van der Waals surface area contributed by atoms with Crippen molar-refractivity contribution in [2.45, 2.75) is 13.5 Å². The zero-order valence-corrected chi connectivity index (χ0v) is 10.1. The molecule has 3 nitrogen and oxygen atoms in total. The van der Waals surface area contributed by atoms with Crippen LogP contribution >= 0.6 is 0 Å². The van der Waals surface area contributed by atoms with Gasteiger partial charge in [-0.3, -0.25) is 0 Å². The van der Waals surface area contributed by atoms with Crippen molar-refractivity contribution in [3.8, 4) is 11.5 Å². The monoisotopic (exact) mass is 239 g/mol. The molecule has 0 bridgehead atoms. The predicted molar refractivity (Wildman–Crippen MR) is 70.1 cm³/mol. The molecule has 0 unspecified atom stereocenters. The number of fused-ring (bicyclic) bond motifs is 1. The fraction of sp³-hybridized carbons (Fsp3) is 0.133. The average Bonchev–Trinajstić information content (AvgIpc) is 2.81. The van der Waals surface area contributed by atoms with Crippen LogP contribution in [0.5, 0.6) is 0 Å². The molecule has 0 aliphatic rings. The number of nitrogens with zero attached hydrogens (tertiary/aromatic N) is 1. The molecular weight excluding hydrogens is 226 g/mol. The van der Waals surface area contributed by atoms with Crippen LogP contribution < -0.4 is 0 Å². The molecule has 0 saturated heterocycles. The number of aromatic nitrogens is 1. The average molecular weight is 239 g/mol. The molecule has 0 fully saturated rings. The van der Waals surface area contributed by atoms with Crippen LogP contribution in [0, 0.1) is 6.92 Å². The van der Waals surface area contributed by atoms with E-state index in [1.165, 1.54) is 0 Å². The highest BCUT2D eigenvalue weighted by atomic mass is 16.3. The van der Waals surface area contributed by atoms with E-state index in [4.69, 9.17) is 9.52 Å². The van der Waals surface area contributed by atoms with Gasteiger partial charge in [-0.2, -0.15) is 0 Å². The second-order valence-corrected chi connectivity index (χ2v) is 4.29. The lowest BCUT2D eigenvalue weighted by atomic mass is 10.1. The van der Waals surface area contributed by atoms with Gasteiger partial charge in [-0.25, -0.2) is 4.98 Å². The van der Waals surface area contributed by atoms with Crippen molar-refractivity contribution in [1.82, 2.24) is 4.98 Å². The normalized spacial score (nSPS) is 11.0. The van der Waals surface area contributed by atoms with Crippen molar-refractivity contribution in [2.75, 3.05) is 0 Å². The van der Waals surface area contributed by atoms with Crippen LogP contribution in [0.3, 0.4) is 0 Å². The van der Waals surface area contributed by atoms with Gasteiger partial charge in [0.15, 0.2) is 5.58 Å². The molecule has 3 aromatic rings. The summed E-state index contributed by atoms with van der Waals surface area (Å²) in [7, 11) is 0. The number of hydrogen-bond donors (Lipinski definition) is 1. The first-order valence-corrected chi connectivity index (χ1v) is 5.84. The Bertz CT molecular complexity index is 701. The van der Waals surface area contributed by atoms with E-state index in [0.717, 1.165) is 22.2 Å². The van der Waals surface area contributed by atoms with Crippen LogP contribution in [-0.4, -0.2) is 10.1 Å². The van der Waals surface area contributed by atoms with Crippen molar-refractivity contribution in [3.05, 3.63) is 53.6 Å². The first-order valence-electron chi connectivity index (χ1n) is 5.84. The van der Waals surface area contributed by atoms with Crippen LogP contribution in [-0.2, 0) is 6.61 Å². The number of oxazole rings is 1. The third-order valence-electron chi connectivity index (χ3n) is 3.01. The Labute approximate surface area is 105 Å². The summed E-state index contributed by atoms with van der Waals surface area (Å²) in [5, 5.41) is 9.10. The topological polar surface area (TPSA) is 46.3 Å². The van der Waals surface area contributed by atoms with Crippen LogP contribution in [0.1, 0.15) is 11.1 Å². The Morgan fingerprint density at radius 3 is 2.78 bits per heavy atom. The Morgan fingerprint density at radius 1 is 1.17 bits per heavy atom. The van der Waals surface area contributed by atoms with Gasteiger partial charge in [0.25, 0.3) is 0 Å². The zero-order valence-electron chi connectivity index (χ0n) is 10.1. The van der Waals surface area contributed by atoms with E-state index in [1.54, 1.807) is 0 Å². The van der Waals surface area contributed by atoms with E-state index in [2.05, 4.69) is 4.98 Å². The lowest BCUT2D eigenvalue weighted by Gasteiger charge is -1.98. The molecule has 0 amide bonds. The summed E-state index contributed by atoms with van der Waals surface area (Å²) < 4.78 is 5.76. The quantitative estimate of drug-likeness (QED) is 0.746. The Balaban J connectivity index is 2.17. The molecule has 2 aromatic carbocycles. The molecule has 0 aliphatic carbocycles. The van der Waals surface area contributed by atoms with Crippen molar-refractivity contribution in [1.29, 1.82) is 0 Å². The molecule has 0 aliphatic heterocycles. The van der Waals surface area contributed by atoms with E-state index >= 15 is 0 Å². The summed E-state index contributed by atoms with van der Waals surface area (Å²) >= 11 is 0. The molecule has 1 N–H and O–H groups in total. The fourth-order valence-electron chi connectivity index (χ4n) is 2.00. The molecule has 0 saturated carbocycles. The minimum atomic E-state index is 0.0103. The summed E-state index contributed by atoms with van der Waals surface area (Å²) in [6.45, 7) is 2.04. The molecule has 1 aromatic heterocycles. The first-order chi connectivity index (χ1) is 8.78. The Kier molecular flexibility index (Phi) is 2.61. The van der Waals surface area contributed by atoms with E-state index in [-0.39, 0.29) is 6.61 Å². The number of hydrogen-bond acceptors (Lipinski definition) is 3. The van der Waals surface area contributed by atoms with Gasteiger partial charge in [-0.1, -0.05) is 24.3 Å². The van der Waals surface area contributed by atoms with Crippen LogP contribution in [0.15, 0.2) is 46.9 Å². The molecule has 1 heterocycles. The number of aliphatic hydroxyl groups excluding tert-OH is 1. The lowest BCUT2D eigenvalue weighted by Crippen LogP contribution is -1.81. The zero-order chi connectivity index (χ0) is 12.5. The van der Waals surface area contributed by atoms with Crippen molar-refractivity contribution < 1.29 is 9.52 Å². The van der Waals surface area contributed by atoms with Crippen LogP contribution in [0.2, 0.25) is 0 Å². The predicted octanol–water partition coefficient (Wildman–Crippen LogP) is 3.30. The molecule has 0 spiro atoms. The SMILES string of the molecule is Cc1ccccc1-c1nc2ccc(CO)cc2o1. The summed E-state index contributed by atoms with van der Waals surface area (Å²) in [6, 6.07) is 13.5. The number of aryl methyl sites for hydroxylation is 1. The number of benzene rings is 2. The maximum atomic E-state index is 9.10. The fourth-order valence-corrected chi connectivity index (χ4v) is 2.00. The van der Waals surface area contributed by atoms with Gasteiger partial charge < -0.3 is 9.52 Å². The van der Waals surface area contributed by atoms with Crippen LogP contribution in [0.4, 0.5) is 0 Å². The van der Waals surface area contributed by atoms with Gasteiger partial charge in [-0.05, 0) is 36.2 Å². The van der Waals surface area contributed by atoms with Crippen molar-refractivity contribution in [3.63, 3.8) is 0 Å². The second kappa shape index (κ2) is 4.27. The maximum Gasteiger partial charge on any atom is 0.227 e. The summed E-state index contributed by atoms with van der Waals surface area (Å²) in [6.07, 6.45) is 0. The van der Waals surface area contributed by atoms with Gasteiger partial charge in [0.2, 0.25) is 5.89 Å². The minimum absolute atomic E-state index is 0.0103. The molecular formula is C15H13NO2. The van der Waals surface area contributed by atoms with Crippen molar-refractivity contribution >= 4 is 11.1 Å². The van der Waals surface area contributed by atoms with E-state index < -0.39 is 0 Å². The Morgan fingerprint density at radius 2 is 2.00 bits per heavy atom. The molecule has 0 atom stereocenters. The van der Waals surface area contributed by atoms with Gasteiger partial charge in [-0.15, -0.1) is 0 Å². The van der Waals surface area contributed by atoms with Gasteiger partial charge in [0, 0.05) is 5.56 Å². The third kappa shape index (κ3) is 1.79. The van der Waals surface area contributed by atoms with Gasteiger partial charge >= 0.3 is 0 Å². The van der Waals surface area contributed by atoms with Crippen LogP contribution in [0.25, 0.3) is 22.6 Å². The highest BCUT2D eigenvalue weighted by Crippen LogP contribution is 2.27. The standard InChI is InChI=1S/C15H13NO2/c1-10-4-2-3-5-12(10)15-16-13-7-6-11(9-17)8-14(13)18-15/h2-8,17H,9H2,1H3. The first kappa shape index (κ1) is 11.0. The van der Waals surface area contributed by atoms with E-state index in [0.29, 0.717) is 11.5 Å². The number of aliphatic hydroxyl groups is 1. The second-order valence-electron chi connectivity index (χ2n) is 4.29. The summed E-state index contributed by atoms with van der Waals surface area (Å²) in [5.74, 6) is 0.623. The highest BCUT2D eigenvalue weighted by molar-refractivity contribution is 5.77. The smallest absolute Gasteiger partial charge is 0.227 e. The molecule has 0 radical (unpaired) electrons. The minimum Gasteiger partial charge on any atom is -0.436 e. The largest absolute Gasteiger partial charge is 0.436 e. The molecule has 3 rings (SSSR count).